The first kappa shape index (κ1) is 13.8. The van der Waals surface area contributed by atoms with Gasteiger partial charge in [0.1, 0.15) is 5.82 Å². The number of piperidine rings is 1. The fourth-order valence-electron chi connectivity index (χ4n) is 3.56. The summed E-state index contributed by atoms with van der Waals surface area (Å²) in [5.74, 6) is 0.901. The Bertz CT molecular complexity index is 606. The smallest absolute Gasteiger partial charge is 0.258 e. The van der Waals surface area contributed by atoms with Gasteiger partial charge in [0.2, 0.25) is 0 Å². The predicted molar refractivity (Wildman–Crippen MR) is 86.3 cm³/mol. The van der Waals surface area contributed by atoms with Crippen LogP contribution in [0.5, 0.6) is 0 Å². The Morgan fingerprint density at radius 2 is 1.86 bits per heavy atom. The summed E-state index contributed by atoms with van der Waals surface area (Å²) in [6.07, 6.45) is 6.12. The van der Waals surface area contributed by atoms with Gasteiger partial charge >= 0.3 is 0 Å². The number of nitrogens with one attached hydrogen (secondary N) is 1. The highest BCUT2D eigenvalue weighted by atomic mass is 16.2. The number of para-hydroxylation sites is 1. The molecule has 0 aliphatic carbocycles. The number of likely N-dealkylation sites (tertiary alicyclic amines) is 1. The lowest BCUT2D eigenvalue weighted by Crippen LogP contribution is -2.49. The van der Waals surface area contributed by atoms with Crippen LogP contribution in [0.3, 0.4) is 0 Å². The van der Waals surface area contributed by atoms with Crippen molar-refractivity contribution in [2.24, 2.45) is 0 Å². The summed E-state index contributed by atoms with van der Waals surface area (Å²) in [5.41, 5.74) is 1.75. The fourth-order valence-corrected chi connectivity index (χ4v) is 3.56. The van der Waals surface area contributed by atoms with Gasteiger partial charge in [-0.3, -0.25) is 9.80 Å². The molecule has 1 fully saturated rings. The van der Waals surface area contributed by atoms with Gasteiger partial charge in [-0.15, -0.1) is 0 Å². The van der Waals surface area contributed by atoms with Gasteiger partial charge in [-0.1, -0.05) is 18.6 Å². The predicted octanol–water partition coefficient (Wildman–Crippen LogP) is 1.79. The molecular formula is C17H22N4O. The molecule has 0 bridgehead atoms. The Hall–Kier alpha value is -1.85. The second kappa shape index (κ2) is 5.74. The van der Waals surface area contributed by atoms with Crippen LogP contribution >= 0.6 is 0 Å². The monoisotopic (exact) mass is 298 g/mol. The number of nitrogens with zero attached hydrogens (tertiary/aromatic N) is 3. The maximum atomic E-state index is 12.1. The highest BCUT2D eigenvalue weighted by molar-refractivity contribution is 6.03. The number of amides is 1. The number of fused-ring (bicyclic) bond motifs is 3. The summed E-state index contributed by atoms with van der Waals surface area (Å²) in [4.78, 5) is 14.7. The molecule has 0 atom stereocenters. The van der Waals surface area contributed by atoms with Gasteiger partial charge in [-0.05, 0) is 44.1 Å². The molecule has 1 aromatic carbocycles. The van der Waals surface area contributed by atoms with Gasteiger partial charge in [0.25, 0.3) is 5.91 Å². The van der Waals surface area contributed by atoms with Crippen molar-refractivity contribution < 1.29 is 4.79 Å². The van der Waals surface area contributed by atoms with E-state index in [1.807, 2.05) is 24.3 Å². The summed E-state index contributed by atoms with van der Waals surface area (Å²) >= 11 is 0. The zero-order valence-electron chi connectivity index (χ0n) is 12.8. The van der Waals surface area contributed by atoms with Crippen molar-refractivity contribution in [2.75, 3.05) is 37.7 Å². The maximum Gasteiger partial charge on any atom is 0.258 e. The third kappa shape index (κ3) is 2.40. The Labute approximate surface area is 131 Å². The number of anilines is 1. The fraction of sp³-hybridized carbons (Fsp3) is 0.471. The number of rotatable bonds is 3. The van der Waals surface area contributed by atoms with Gasteiger partial charge in [0, 0.05) is 19.6 Å². The van der Waals surface area contributed by atoms with Crippen LogP contribution < -0.4 is 10.3 Å². The molecule has 3 heterocycles. The summed E-state index contributed by atoms with van der Waals surface area (Å²) < 4.78 is 0. The summed E-state index contributed by atoms with van der Waals surface area (Å²) in [6.45, 7) is 5.39. The molecule has 0 radical (unpaired) electrons. The lowest BCUT2D eigenvalue weighted by atomic mass is 10.1. The van der Waals surface area contributed by atoms with Crippen LogP contribution in [0.15, 0.2) is 36.2 Å². The first-order chi connectivity index (χ1) is 10.8. The zero-order chi connectivity index (χ0) is 14.9. The minimum absolute atomic E-state index is 0.00372. The molecule has 1 amide bonds. The molecule has 0 spiro atoms. The number of benzene rings is 1. The Morgan fingerprint density at radius 1 is 1.05 bits per heavy atom. The number of hydrazine groups is 1. The molecule has 116 valence electrons. The maximum absolute atomic E-state index is 12.1. The largest absolute Gasteiger partial charge is 0.307 e. The minimum Gasteiger partial charge on any atom is -0.307 e. The van der Waals surface area contributed by atoms with Crippen molar-refractivity contribution in [1.82, 2.24) is 15.2 Å². The van der Waals surface area contributed by atoms with Crippen LogP contribution in [0.2, 0.25) is 0 Å². The second-order valence-electron chi connectivity index (χ2n) is 6.19. The van der Waals surface area contributed by atoms with Crippen LogP contribution in [0, 0.1) is 0 Å². The Kier molecular flexibility index (Phi) is 3.60. The lowest BCUT2D eigenvalue weighted by Gasteiger charge is -2.37. The molecule has 1 N–H and O–H groups in total. The highest BCUT2D eigenvalue weighted by Gasteiger charge is 2.33. The lowest BCUT2D eigenvalue weighted by molar-refractivity contribution is 0.0954. The van der Waals surface area contributed by atoms with Crippen LogP contribution in [-0.2, 0) is 0 Å². The molecule has 5 heteroatoms. The zero-order valence-corrected chi connectivity index (χ0v) is 12.8. The molecular weight excluding hydrogens is 276 g/mol. The Balaban J connectivity index is 1.50. The molecule has 5 nitrogen and oxygen atoms in total. The summed E-state index contributed by atoms with van der Waals surface area (Å²) in [7, 11) is 0. The van der Waals surface area contributed by atoms with Crippen LogP contribution in [-0.4, -0.2) is 48.5 Å². The summed E-state index contributed by atoms with van der Waals surface area (Å²) in [6, 6.07) is 7.83. The normalized spacial score (nSPS) is 22.1. The molecule has 1 saturated heterocycles. The van der Waals surface area contributed by atoms with Crippen LogP contribution in [0.1, 0.15) is 29.6 Å². The van der Waals surface area contributed by atoms with E-state index >= 15 is 0 Å². The first-order valence-electron chi connectivity index (χ1n) is 8.21. The van der Waals surface area contributed by atoms with E-state index in [2.05, 4.69) is 26.3 Å². The number of carbonyl (C=O) groups excluding carboxylic acids is 1. The standard InChI is InChI=1S/C17H22N4O/c22-17-14-6-2-3-7-15(14)21-16(18-17)8-11-20(21)13-12-19-9-4-1-5-10-19/h2-3,6-8H,1,4-5,9-13H2,(H,18,22). The molecule has 3 aliphatic rings. The van der Waals surface area contributed by atoms with Gasteiger partial charge in [-0.25, -0.2) is 5.01 Å². The summed E-state index contributed by atoms with van der Waals surface area (Å²) in [5, 5.41) is 7.48. The van der Waals surface area contributed by atoms with E-state index in [1.54, 1.807) is 0 Å². The van der Waals surface area contributed by atoms with E-state index in [0.29, 0.717) is 0 Å². The number of hydrogen-bond acceptors (Lipinski definition) is 4. The average molecular weight is 298 g/mol. The topological polar surface area (TPSA) is 38.8 Å². The van der Waals surface area contributed by atoms with Gasteiger partial charge in [0.15, 0.2) is 0 Å². The second-order valence-corrected chi connectivity index (χ2v) is 6.19. The number of hydrogen-bond donors (Lipinski definition) is 1. The molecule has 0 aromatic heterocycles. The molecule has 0 saturated carbocycles. The van der Waals surface area contributed by atoms with Crippen molar-refractivity contribution in [2.45, 2.75) is 19.3 Å². The SMILES string of the molecule is O=C1NC2=CCN(CCN3CCCCC3)N2c2ccccc21. The van der Waals surface area contributed by atoms with E-state index in [9.17, 15) is 4.79 Å². The third-order valence-electron chi connectivity index (χ3n) is 4.75. The van der Waals surface area contributed by atoms with E-state index in [-0.39, 0.29) is 5.91 Å². The molecule has 0 unspecified atom stereocenters. The highest BCUT2D eigenvalue weighted by Crippen LogP contribution is 2.31. The van der Waals surface area contributed by atoms with Gasteiger partial charge < -0.3 is 10.2 Å². The van der Waals surface area contributed by atoms with Crippen molar-refractivity contribution in [3.63, 3.8) is 0 Å². The van der Waals surface area contributed by atoms with Crippen molar-refractivity contribution in [3.8, 4) is 0 Å². The Morgan fingerprint density at radius 3 is 2.73 bits per heavy atom. The number of carbonyl (C=O) groups is 1. The first-order valence-corrected chi connectivity index (χ1v) is 8.21. The van der Waals surface area contributed by atoms with Gasteiger partial charge in [-0.2, -0.15) is 0 Å². The average Bonchev–Trinajstić information content (AvgIpc) is 2.97. The van der Waals surface area contributed by atoms with E-state index in [4.69, 9.17) is 0 Å². The van der Waals surface area contributed by atoms with Crippen LogP contribution in [0.4, 0.5) is 5.69 Å². The quantitative estimate of drug-likeness (QED) is 0.923. The van der Waals surface area contributed by atoms with E-state index in [0.717, 1.165) is 36.7 Å². The van der Waals surface area contributed by atoms with Crippen molar-refractivity contribution in [1.29, 1.82) is 0 Å². The molecule has 3 aliphatic heterocycles. The van der Waals surface area contributed by atoms with Gasteiger partial charge in [0.05, 0.1) is 11.3 Å². The third-order valence-corrected chi connectivity index (χ3v) is 4.75. The molecule has 22 heavy (non-hydrogen) atoms. The van der Waals surface area contributed by atoms with Crippen LogP contribution in [0.25, 0.3) is 0 Å². The van der Waals surface area contributed by atoms with Crippen molar-refractivity contribution >= 4 is 11.6 Å². The van der Waals surface area contributed by atoms with E-state index in [1.165, 1.54) is 32.4 Å². The van der Waals surface area contributed by atoms with Crippen molar-refractivity contribution in [3.05, 3.63) is 41.7 Å². The minimum atomic E-state index is -0.00372. The molecule has 4 rings (SSSR count). The van der Waals surface area contributed by atoms with E-state index < -0.39 is 0 Å². The molecule has 1 aromatic rings.